The quantitative estimate of drug-likeness (QED) is 0.883. The van der Waals surface area contributed by atoms with Crippen molar-refractivity contribution < 1.29 is 4.79 Å². The van der Waals surface area contributed by atoms with Crippen molar-refractivity contribution in [2.75, 3.05) is 18.0 Å². The zero-order valence-electron chi connectivity index (χ0n) is 12.1. The summed E-state index contributed by atoms with van der Waals surface area (Å²) in [7, 11) is 0. The first kappa shape index (κ1) is 13.4. The van der Waals surface area contributed by atoms with Crippen LogP contribution < -0.4 is 16.0 Å². The lowest BCUT2D eigenvalue weighted by molar-refractivity contribution is 0.1000. The third-order valence-electron chi connectivity index (χ3n) is 4.67. The predicted molar refractivity (Wildman–Crippen MR) is 81.1 cm³/mol. The Labute approximate surface area is 120 Å². The number of hydrogen-bond acceptors (Lipinski definition) is 3. The molecule has 2 atom stereocenters. The molecule has 3 N–H and O–H groups in total. The van der Waals surface area contributed by atoms with Crippen LogP contribution >= 0.6 is 0 Å². The number of rotatable bonds is 3. The Bertz CT molecular complexity index is 508. The highest BCUT2D eigenvalue weighted by Gasteiger charge is 2.33. The largest absolute Gasteiger partial charge is 0.367 e. The molecule has 0 saturated carbocycles. The summed E-state index contributed by atoms with van der Waals surface area (Å²) < 4.78 is 0. The highest BCUT2D eigenvalue weighted by molar-refractivity contribution is 5.94. The molecule has 4 nitrogen and oxygen atoms in total. The van der Waals surface area contributed by atoms with E-state index in [0.717, 1.165) is 18.7 Å². The molecular formula is C16H23N3O. The van der Waals surface area contributed by atoms with E-state index in [9.17, 15) is 4.79 Å². The first-order chi connectivity index (χ1) is 9.66. The zero-order valence-corrected chi connectivity index (χ0v) is 12.1. The van der Waals surface area contributed by atoms with E-state index in [-0.39, 0.29) is 5.91 Å². The van der Waals surface area contributed by atoms with Crippen molar-refractivity contribution in [3.05, 3.63) is 29.3 Å². The fourth-order valence-electron chi connectivity index (χ4n) is 3.67. The van der Waals surface area contributed by atoms with Gasteiger partial charge in [0.25, 0.3) is 0 Å². The van der Waals surface area contributed by atoms with E-state index >= 15 is 0 Å². The van der Waals surface area contributed by atoms with Gasteiger partial charge in [0.2, 0.25) is 5.91 Å². The normalized spacial score (nSPS) is 26.1. The van der Waals surface area contributed by atoms with Crippen LogP contribution in [0, 0.1) is 6.92 Å². The number of nitrogens with zero attached hydrogens (tertiary/aromatic N) is 1. The van der Waals surface area contributed by atoms with Crippen LogP contribution in [0.15, 0.2) is 18.2 Å². The van der Waals surface area contributed by atoms with Crippen LogP contribution in [0.4, 0.5) is 5.69 Å². The lowest BCUT2D eigenvalue weighted by Crippen LogP contribution is -2.44. The topological polar surface area (TPSA) is 58.4 Å². The molecule has 2 aliphatic rings. The molecule has 1 aromatic carbocycles. The van der Waals surface area contributed by atoms with Gasteiger partial charge in [-0.1, -0.05) is 0 Å². The molecule has 2 fully saturated rings. The molecule has 0 aromatic heterocycles. The maximum atomic E-state index is 11.3. The Hall–Kier alpha value is -1.55. The van der Waals surface area contributed by atoms with Gasteiger partial charge in [0.05, 0.1) is 0 Å². The van der Waals surface area contributed by atoms with Gasteiger partial charge in [0, 0.05) is 29.9 Å². The van der Waals surface area contributed by atoms with E-state index in [4.69, 9.17) is 5.73 Å². The molecule has 1 aromatic rings. The van der Waals surface area contributed by atoms with Crippen molar-refractivity contribution in [2.45, 2.75) is 44.7 Å². The molecule has 108 valence electrons. The van der Waals surface area contributed by atoms with Crippen molar-refractivity contribution >= 4 is 11.6 Å². The van der Waals surface area contributed by atoms with Gasteiger partial charge in [-0.25, -0.2) is 0 Å². The summed E-state index contributed by atoms with van der Waals surface area (Å²) in [6.45, 7) is 4.22. The number of aryl methyl sites for hydroxylation is 1. The second-order valence-electron chi connectivity index (χ2n) is 5.97. The number of anilines is 1. The van der Waals surface area contributed by atoms with Gasteiger partial charge in [-0.15, -0.1) is 0 Å². The lowest BCUT2D eigenvalue weighted by Gasteiger charge is -2.31. The van der Waals surface area contributed by atoms with Crippen LogP contribution in [-0.2, 0) is 0 Å². The van der Waals surface area contributed by atoms with Gasteiger partial charge in [0.15, 0.2) is 0 Å². The van der Waals surface area contributed by atoms with Crippen LogP contribution in [0.25, 0.3) is 0 Å². The number of carbonyl (C=O) groups is 1. The molecule has 20 heavy (non-hydrogen) atoms. The maximum Gasteiger partial charge on any atom is 0.248 e. The molecule has 4 heteroatoms. The van der Waals surface area contributed by atoms with Crippen LogP contribution in [0.5, 0.6) is 0 Å². The Morgan fingerprint density at radius 1 is 1.35 bits per heavy atom. The first-order valence-corrected chi connectivity index (χ1v) is 7.57. The van der Waals surface area contributed by atoms with Crippen molar-refractivity contribution in [1.82, 2.24) is 5.32 Å². The Morgan fingerprint density at radius 2 is 2.20 bits per heavy atom. The minimum absolute atomic E-state index is 0.343. The highest BCUT2D eigenvalue weighted by Crippen LogP contribution is 2.31. The summed E-state index contributed by atoms with van der Waals surface area (Å²) in [6.07, 6.45) is 5.07. The van der Waals surface area contributed by atoms with Gasteiger partial charge in [0.1, 0.15) is 0 Å². The molecule has 0 spiro atoms. The van der Waals surface area contributed by atoms with Crippen molar-refractivity contribution in [3.8, 4) is 0 Å². The highest BCUT2D eigenvalue weighted by atomic mass is 16.1. The van der Waals surface area contributed by atoms with Crippen molar-refractivity contribution in [2.24, 2.45) is 5.73 Å². The first-order valence-electron chi connectivity index (χ1n) is 7.57. The molecule has 2 heterocycles. The average molecular weight is 273 g/mol. The third kappa shape index (κ3) is 2.40. The molecule has 1 amide bonds. The van der Waals surface area contributed by atoms with Crippen LogP contribution in [0.2, 0.25) is 0 Å². The molecular weight excluding hydrogens is 250 g/mol. The van der Waals surface area contributed by atoms with Gasteiger partial charge in [-0.2, -0.15) is 0 Å². The van der Waals surface area contributed by atoms with Crippen LogP contribution in [0.1, 0.15) is 41.6 Å². The molecule has 0 radical (unpaired) electrons. The van der Waals surface area contributed by atoms with Gasteiger partial charge in [-0.3, -0.25) is 4.79 Å². The van der Waals surface area contributed by atoms with E-state index in [1.807, 2.05) is 19.1 Å². The third-order valence-corrected chi connectivity index (χ3v) is 4.67. The minimum Gasteiger partial charge on any atom is -0.367 e. The monoisotopic (exact) mass is 273 g/mol. The number of nitrogens with two attached hydrogens (primary N) is 1. The smallest absolute Gasteiger partial charge is 0.248 e. The summed E-state index contributed by atoms with van der Waals surface area (Å²) in [5, 5.41) is 3.63. The summed E-state index contributed by atoms with van der Waals surface area (Å²) in [6, 6.07) is 7.23. The fraction of sp³-hybridized carbons (Fsp3) is 0.562. The van der Waals surface area contributed by atoms with Gasteiger partial charge >= 0.3 is 0 Å². The standard InChI is InChI=1S/C16H23N3O/c1-11-10-12(6-7-13(11)16(17)20)19-9-3-5-15(19)14-4-2-8-18-14/h6-7,10,14-15,18H,2-5,8-9H2,1H3,(H2,17,20). The van der Waals surface area contributed by atoms with Crippen molar-refractivity contribution in [3.63, 3.8) is 0 Å². The summed E-state index contributed by atoms with van der Waals surface area (Å²) >= 11 is 0. The molecule has 0 bridgehead atoms. The van der Waals surface area contributed by atoms with Crippen LogP contribution in [0.3, 0.4) is 0 Å². The van der Waals surface area contributed by atoms with Crippen LogP contribution in [-0.4, -0.2) is 31.1 Å². The predicted octanol–water partition coefficient (Wildman–Crippen LogP) is 1.81. The lowest BCUT2D eigenvalue weighted by atomic mass is 10.0. The van der Waals surface area contributed by atoms with E-state index in [1.165, 1.54) is 31.4 Å². The van der Waals surface area contributed by atoms with E-state index in [0.29, 0.717) is 17.6 Å². The Morgan fingerprint density at radius 3 is 2.85 bits per heavy atom. The molecule has 0 aliphatic carbocycles. The summed E-state index contributed by atoms with van der Waals surface area (Å²) in [5.74, 6) is -0.343. The summed E-state index contributed by atoms with van der Waals surface area (Å²) in [4.78, 5) is 13.8. The number of hydrogen-bond donors (Lipinski definition) is 2. The number of nitrogens with one attached hydrogen (secondary N) is 1. The van der Waals surface area contributed by atoms with E-state index in [1.54, 1.807) is 0 Å². The van der Waals surface area contributed by atoms with Gasteiger partial charge in [-0.05, 0) is 62.9 Å². The van der Waals surface area contributed by atoms with Crippen molar-refractivity contribution in [1.29, 1.82) is 0 Å². The van der Waals surface area contributed by atoms with E-state index < -0.39 is 0 Å². The second-order valence-corrected chi connectivity index (χ2v) is 5.97. The number of benzene rings is 1. The number of carbonyl (C=O) groups excluding carboxylic acids is 1. The molecule has 2 saturated heterocycles. The SMILES string of the molecule is Cc1cc(N2CCCC2C2CCCN2)ccc1C(N)=O. The maximum absolute atomic E-state index is 11.3. The van der Waals surface area contributed by atoms with Gasteiger partial charge < -0.3 is 16.0 Å². The summed E-state index contributed by atoms with van der Waals surface area (Å²) in [5.41, 5.74) is 8.21. The zero-order chi connectivity index (χ0) is 14.1. The number of amides is 1. The Kier molecular flexibility index (Phi) is 3.66. The molecule has 2 unspecified atom stereocenters. The average Bonchev–Trinajstić information content (AvgIpc) is 3.09. The molecule has 2 aliphatic heterocycles. The Balaban J connectivity index is 1.84. The second kappa shape index (κ2) is 5.44. The molecule has 3 rings (SSSR count). The minimum atomic E-state index is -0.343. The fourth-order valence-corrected chi connectivity index (χ4v) is 3.67. The van der Waals surface area contributed by atoms with E-state index in [2.05, 4.69) is 16.3 Å². The number of primary amides is 1.